The highest BCUT2D eigenvalue weighted by molar-refractivity contribution is 14.0. The van der Waals surface area contributed by atoms with Crippen LogP contribution in [-0.2, 0) is 0 Å². The summed E-state index contributed by atoms with van der Waals surface area (Å²) in [6.45, 7) is 0. The minimum atomic E-state index is -4.69. The van der Waals surface area contributed by atoms with Gasteiger partial charge >= 0.3 is 0 Å². The van der Waals surface area contributed by atoms with Crippen LogP contribution in [-0.4, -0.2) is 4.66 Å². The van der Waals surface area contributed by atoms with Gasteiger partial charge in [-0.3, -0.25) is 0 Å². The van der Waals surface area contributed by atoms with Crippen LogP contribution in [0.25, 0.3) is 0 Å². The first-order chi connectivity index (χ1) is 2.00. The lowest BCUT2D eigenvalue weighted by molar-refractivity contribution is -1.92. The van der Waals surface area contributed by atoms with E-state index < -0.39 is 10.2 Å². The molecule has 0 aromatic carbocycles. The van der Waals surface area contributed by atoms with Crippen molar-refractivity contribution in [1.29, 1.82) is 0 Å². The van der Waals surface area contributed by atoms with Gasteiger partial charge in [0.2, 0.25) is 0 Å². The van der Waals surface area contributed by atoms with E-state index in [1.807, 2.05) is 0 Å². The van der Waals surface area contributed by atoms with Crippen molar-refractivity contribution in [1.82, 2.24) is 0 Å². The van der Waals surface area contributed by atoms with Gasteiger partial charge in [0.15, 0.2) is 0 Å². The number of hydrogen-bond acceptors (Lipinski definition) is 4. The summed E-state index contributed by atoms with van der Waals surface area (Å²) in [5.41, 5.74) is 0. The average Bonchev–Trinajstić information content (AvgIpc) is 0.722. The van der Waals surface area contributed by atoms with Gasteiger partial charge in [-0.15, -0.1) is 24.0 Å². The second kappa shape index (κ2) is 2.94. The minimum Gasteiger partial charge on any atom is -0.183 e. The van der Waals surface area contributed by atoms with E-state index in [9.17, 15) is 0 Å². The Balaban J connectivity index is 0. The zero-order valence-corrected chi connectivity index (χ0v) is 5.54. The van der Waals surface area contributed by atoms with Gasteiger partial charge in [0.05, 0.1) is 14.9 Å². The lowest BCUT2D eigenvalue weighted by Crippen LogP contribution is -2.58. The fourth-order valence-corrected chi connectivity index (χ4v) is 0. The molecule has 0 aliphatic carbocycles. The maximum atomic E-state index is 8.60. The van der Waals surface area contributed by atoms with E-state index in [1.54, 1.807) is 0 Å². The lowest BCUT2D eigenvalue weighted by atomic mass is 15.8. The summed E-state index contributed by atoms with van der Waals surface area (Å²) in [6, 6.07) is 0. The van der Waals surface area contributed by atoms with E-state index in [-0.39, 0.29) is 24.0 Å². The highest BCUT2D eigenvalue weighted by Crippen LogP contribution is 1.60. The molecule has 0 radical (unpaired) electrons. The van der Waals surface area contributed by atoms with Crippen LogP contribution >= 0.6 is 24.0 Å². The second-order valence-electron chi connectivity index (χ2n) is 0.396. The summed E-state index contributed by atoms with van der Waals surface area (Å²) in [7, 11) is -4.69. The molecule has 0 bridgehead atoms. The van der Waals surface area contributed by atoms with E-state index in [4.69, 9.17) is 18.6 Å². The molecule has 0 saturated heterocycles. The van der Waals surface area contributed by atoms with Crippen LogP contribution in [0, 0.1) is 10.2 Å². The number of halogens is 2. The largest absolute Gasteiger partial charge is 0.183 e. The van der Waals surface area contributed by atoms with Crippen LogP contribution in [0.5, 0.6) is 0 Å². The number of hydrogen-bond donors (Lipinski definition) is 1. The van der Waals surface area contributed by atoms with Gasteiger partial charge in [0, 0.05) is 0 Å². The van der Waals surface area contributed by atoms with Crippen LogP contribution in [0.15, 0.2) is 0 Å². The highest BCUT2D eigenvalue weighted by atomic mass is 127. The normalized spacial score (nSPS) is 10.0. The third-order valence-corrected chi connectivity index (χ3v) is 0. The van der Waals surface area contributed by atoms with E-state index in [1.165, 1.54) is 0 Å². The number of rotatable bonds is 0. The molecule has 4 nitrogen and oxygen atoms in total. The van der Waals surface area contributed by atoms with Gasteiger partial charge in [-0.25, -0.2) is 0 Å². The van der Waals surface area contributed by atoms with Crippen molar-refractivity contribution in [2.75, 3.05) is 0 Å². The maximum absolute atomic E-state index is 8.60. The molecule has 0 spiro atoms. The third-order valence-electron chi connectivity index (χ3n) is 0. The molecule has 0 atom stereocenters. The van der Waals surface area contributed by atoms with Crippen molar-refractivity contribution >= 4 is 24.0 Å². The van der Waals surface area contributed by atoms with Crippen LogP contribution in [0.4, 0.5) is 0 Å². The molecule has 0 amide bonds. The van der Waals surface area contributed by atoms with E-state index in [0.29, 0.717) is 0 Å². The smallest absolute Gasteiger partial charge is 0.0777 e. The monoisotopic (exact) mass is 228 g/mol. The van der Waals surface area contributed by atoms with E-state index >= 15 is 0 Å². The predicted molar refractivity (Wildman–Crippen MR) is 17.6 cm³/mol. The fraction of sp³-hybridized carbons (Fsp3) is 0. The first kappa shape index (κ1) is 9.97. The molecule has 0 heterocycles. The van der Waals surface area contributed by atoms with Crippen molar-refractivity contribution in [2.24, 2.45) is 0 Å². The van der Waals surface area contributed by atoms with Gasteiger partial charge in [-0.2, -0.15) is 14.0 Å². The highest BCUT2D eigenvalue weighted by Gasteiger charge is 1.98. The first-order valence-corrected chi connectivity index (χ1v) is 1.90. The van der Waals surface area contributed by atoms with E-state index in [2.05, 4.69) is 0 Å². The maximum Gasteiger partial charge on any atom is 0.0777 e. The van der Waals surface area contributed by atoms with Gasteiger partial charge in [0.25, 0.3) is 0 Å². The summed E-state index contributed by atoms with van der Waals surface area (Å²) < 4.78 is 32.7. The Morgan fingerprint density at radius 1 is 1.17 bits per heavy atom. The Labute approximate surface area is 53.2 Å². The first-order valence-electron chi connectivity index (χ1n) is 0.632. The topological polar surface area (TPSA) is 89.4 Å². The quantitative estimate of drug-likeness (QED) is 0.436. The van der Waals surface area contributed by atoms with Crippen molar-refractivity contribution in [3.8, 4) is 0 Å². The van der Waals surface area contributed by atoms with Crippen molar-refractivity contribution in [2.45, 2.75) is 0 Å². The summed E-state index contributed by atoms with van der Waals surface area (Å²) in [6.07, 6.45) is 0. The molecule has 0 unspecified atom stereocenters. The molecular weight excluding hydrogens is 226 g/mol. The Hall–Kier alpha value is 0.860. The molecule has 0 aliphatic rings. The summed E-state index contributed by atoms with van der Waals surface area (Å²) in [4.78, 5) is 0. The molecule has 40 valence electrons. The molecule has 0 aromatic rings. The Kier molecular flexibility index (Phi) is 4.89. The van der Waals surface area contributed by atoms with Crippen LogP contribution in [0.1, 0.15) is 0 Å². The molecule has 0 rings (SSSR count). The van der Waals surface area contributed by atoms with Gasteiger partial charge in [0.1, 0.15) is 0 Å². The molecule has 1 N–H and O–H groups in total. The summed E-state index contributed by atoms with van der Waals surface area (Å²) in [5.74, 6) is 0. The minimum absolute atomic E-state index is 0. The van der Waals surface area contributed by atoms with Crippen LogP contribution in [0.2, 0.25) is 0 Å². The molecular formula is H2ClIO4. The summed E-state index contributed by atoms with van der Waals surface area (Å²) in [5, 5.41) is 0. The van der Waals surface area contributed by atoms with Crippen molar-refractivity contribution in [3.05, 3.63) is 0 Å². The molecule has 6 heavy (non-hydrogen) atoms. The van der Waals surface area contributed by atoms with Crippen LogP contribution < -0.4 is 14.0 Å². The summed E-state index contributed by atoms with van der Waals surface area (Å²) >= 11 is 0. The van der Waals surface area contributed by atoms with Gasteiger partial charge < -0.3 is 0 Å². The molecule has 0 aromatic heterocycles. The zero-order valence-electron chi connectivity index (χ0n) is 2.46. The molecule has 6 heteroatoms. The third kappa shape index (κ3) is 97.9. The average molecular weight is 228 g/mol. The van der Waals surface area contributed by atoms with Crippen molar-refractivity contribution in [3.63, 3.8) is 0 Å². The Morgan fingerprint density at radius 3 is 1.17 bits per heavy atom. The SMILES string of the molecule is I.[O-][Cl+3]([O-])([O-])O. The predicted octanol–water partition coefficient (Wildman–Crippen LogP) is -3.51. The van der Waals surface area contributed by atoms with Crippen LogP contribution in [0.3, 0.4) is 0 Å². The molecule has 0 saturated carbocycles. The van der Waals surface area contributed by atoms with Crippen molar-refractivity contribution < 1.29 is 28.9 Å². The lowest BCUT2D eigenvalue weighted by Gasteiger charge is -2.03. The molecule has 0 aliphatic heterocycles. The fourth-order valence-electron chi connectivity index (χ4n) is 0. The zero-order chi connectivity index (χ0) is 4.50. The van der Waals surface area contributed by atoms with Gasteiger partial charge in [-0.05, 0) is 0 Å². The Bertz CT molecular complexity index is 23.0. The van der Waals surface area contributed by atoms with E-state index in [0.717, 1.165) is 0 Å². The molecule has 0 fully saturated rings. The Morgan fingerprint density at radius 2 is 1.17 bits per heavy atom. The van der Waals surface area contributed by atoms with Gasteiger partial charge in [-0.1, -0.05) is 0 Å². The second-order valence-corrected chi connectivity index (χ2v) is 1.19. The standard InChI is InChI=1S/ClHO4.HI/c2-1(3,4)5;/h(H,2,3,4,5);1H.